The molecule has 0 aliphatic heterocycles. The molecule has 2 aromatic rings. The van der Waals surface area contributed by atoms with Crippen molar-refractivity contribution in [3.63, 3.8) is 0 Å². The number of hydrogen-bond acceptors (Lipinski definition) is 3. The first-order valence-corrected chi connectivity index (χ1v) is 11.4. The largest absolute Gasteiger partial charge is 0.350 e. The van der Waals surface area contributed by atoms with Gasteiger partial charge >= 0.3 is 0 Å². The predicted octanol–water partition coefficient (Wildman–Crippen LogP) is 4.06. The molecule has 2 atom stereocenters. The van der Waals surface area contributed by atoms with Crippen LogP contribution in [0, 0.1) is 23.2 Å². The van der Waals surface area contributed by atoms with Crippen molar-refractivity contribution in [2.24, 2.45) is 23.2 Å². The summed E-state index contributed by atoms with van der Waals surface area (Å²) in [6.07, 6.45) is 8.84. The molecule has 6 nitrogen and oxygen atoms in total. The van der Waals surface area contributed by atoms with Gasteiger partial charge in [-0.2, -0.15) is 0 Å². The van der Waals surface area contributed by atoms with E-state index in [1.165, 1.54) is 32.1 Å². The van der Waals surface area contributed by atoms with Crippen LogP contribution in [0.4, 0.5) is 0 Å². The number of rotatable bonds is 7. The number of pyridine rings is 1. The molecule has 162 valence electrons. The lowest BCUT2D eigenvalue weighted by atomic mass is 9.62. The summed E-state index contributed by atoms with van der Waals surface area (Å²) in [6, 6.07) is 5.44. The number of carbonyl (C=O) groups is 2. The Hall–Kier alpha value is -2.37. The van der Waals surface area contributed by atoms with Crippen molar-refractivity contribution >= 4 is 17.5 Å². The number of imidazole rings is 1. The maximum absolute atomic E-state index is 13.0. The number of nitrogens with one attached hydrogen (secondary N) is 2. The number of aromatic nitrogens is 2. The molecular weight excluding hydrogens is 376 g/mol. The first-order chi connectivity index (χ1) is 14.4. The Morgan fingerprint density at radius 2 is 1.90 bits per heavy atom. The molecule has 0 spiro atoms. The molecule has 2 aliphatic carbocycles. The van der Waals surface area contributed by atoms with Crippen molar-refractivity contribution in [2.45, 2.75) is 59.3 Å². The Balaban J connectivity index is 1.45. The highest BCUT2D eigenvalue weighted by molar-refractivity contribution is 5.95. The van der Waals surface area contributed by atoms with Crippen molar-refractivity contribution < 1.29 is 9.59 Å². The Morgan fingerprint density at radius 1 is 1.13 bits per heavy atom. The molecule has 30 heavy (non-hydrogen) atoms. The van der Waals surface area contributed by atoms with Gasteiger partial charge in [0.25, 0.3) is 11.8 Å². The van der Waals surface area contributed by atoms with Crippen molar-refractivity contribution in [1.29, 1.82) is 0 Å². The van der Waals surface area contributed by atoms with Gasteiger partial charge in [-0.3, -0.25) is 14.0 Å². The van der Waals surface area contributed by atoms with Gasteiger partial charge in [-0.15, -0.1) is 0 Å². The third-order valence-electron chi connectivity index (χ3n) is 7.14. The smallest absolute Gasteiger partial charge is 0.271 e. The summed E-state index contributed by atoms with van der Waals surface area (Å²) in [5.41, 5.74) is 1.82. The van der Waals surface area contributed by atoms with Gasteiger partial charge in [0.2, 0.25) is 0 Å². The van der Waals surface area contributed by atoms with Crippen molar-refractivity contribution in [1.82, 2.24) is 20.0 Å². The zero-order valence-corrected chi connectivity index (χ0v) is 18.4. The van der Waals surface area contributed by atoms with E-state index in [1.807, 2.05) is 12.1 Å². The Morgan fingerprint density at radius 3 is 2.63 bits per heavy atom. The fraction of sp³-hybridized carbons (Fsp3) is 0.625. The summed E-state index contributed by atoms with van der Waals surface area (Å²) in [6.45, 7) is 8.37. The van der Waals surface area contributed by atoms with E-state index in [0.717, 1.165) is 6.42 Å². The molecule has 2 unspecified atom stereocenters. The lowest BCUT2D eigenvalue weighted by molar-refractivity contribution is 0.0661. The van der Waals surface area contributed by atoms with E-state index in [0.29, 0.717) is 53.3 Å². The number of fused-ring (bicyclic) bond motifs is 1. The van der Waals surface area contributed by atoms with Crippen molar-refractivity contribution in [3.8, 4) is 0 Å². The molecule has 2 saturated carbocycles. The van der Waals surface area contributed by atoms with Crippen LogP contribution in [0.25, 0.3) is 5.65 Å². The molecule has 2 aromatic heterocycles. The third-order valence-corrected chi connectivity index (χ3v) is 7.14. The van der Waals surface area contributed by atoms with Gasteiger partial charge < -0.3 is 10.6 Å². The molecule has 2 amide bonds. The molecule has 6 heteroatoms. The zero-order valence-electron chi connectivity index (χ0n) is 18.4. The van der Waals surface area contributed by atoms with Gasteiger partial charge in [0.15, 0.2) is 0 Å². The van der Waals surface area contributed by atoms with E-state index in [1.54, 1.807) is 16.7 Å². The Kier molecular flexibility index (Phi) is 5.85. The second-order valence-corrected chi connectivity index (χ2v) is 9.78. The summed E-state index contributed by atoms with van der Waals surface area (Å²) in [5.74, 6) is 1.46. The minimum Gasteiger partial charge on any atom is -0.350 e. The zero-order chi connectivity index (χ0) is 21.3. The minimum absolute atomic E-state index is 0.110. The van der Waals surface area contributed by atoms with Crippen LogP contribution >= 0.6 is 0 Å². The van der Waals surface area contributed by atoms with Gasteiger partial charge in [-0.25, -0.2) is 4.98 Å². The summed E-state index contributed by atoms with van der Waals surface area (Å²) >= 11 is 0. The van der Waals surface area contributed by atoms with Crippen LogP contribution in [0.5, 0.6) is 0 Å². The van der Waals surface area contributed by atoms with Crippen molar-refractivity contribution in [2.75, 3.05) is 13.1 Å². The SMILES string of the molecule is CCC1C(CNC(=O)c2cccc3nc(C(=O)NCC4CC4)cn23)CCCC1(C)C. The number of nitrogens with zero attached hydrogens (tertiary/aromatic N) is 2. The third kappa shape index (κ3) is 4.37. The summed E-state index contributed by atoms with van der Waals surface area (Å²) < 4.78 is 1.73. The average molecular weight is 411 g/mol. The van der Waals surface area contributed by atoms with Gasteiger partial charge in [-0.1, -0.05) is 39.7 Å². The molecule has 4 rings (SSSR count). The highest BCUT2D eigenvalue weighted by Gasteiger charge is 2.37. The fourth-order valence-corrected chi connectivity index (χ4v) is 5.24. The maximum Gasteiger partial charge on any atom is 0.271 e. The first kappa shape index (κ1) is 20.9. The van der Waals surface area contributed by atoms with Crippen LogP contribution in [0.1, 0.15) is 80.3 Å². The standard InChI is InChI=1S/C24H34N4O2/c1-4-18-17(7-6-12-24(18,2)3)14-26-23(30)20-8-5-9-21-27-19(15-28(20)21)22(29)25-13-16-10-11-16/h5,8-9,15-18H,4,6-7,10-14H2,1-3H3,(H,25,29)(H,26,30). The van der Waals surface area contributed by atoms with Crippen LogP contribution < -0.4 is 10.6 Å². The monoisotopic (exact) mass is 410 g/mol. The first-order valence-electron chi connectivity index (χ1n) is 11.4. The predicted molar refractivity (Wildman–Crippen MR) is 117 cm³/mol. The number of amides is 2. The second kappa shape index (κ2) is 8.40. The van der Waals surface area contributed by atoms with Crippen LogP contribution in [0.3, 0.4) is 0 Å². The minimum atomic E-state index is -0.174. The maximum atomic E-state index is 13.0. The molecule has 0 aromatic carbocycles. The molecule has 2 heterocycles. The quantitative estimate of drug-likeness (QED) is 0.723. The molecule has 0 bridgehead atoms. The normalized spacial score (nSPS) is 23.3. The molecule has 0 radical (unpaired) electrons. The average Bonchev–Trinajstić information content (AvgIpc) is 3.44. The lowest BCUT2D eigenvalue weighted by Crippen LogP contribution is -2.41. The van der Waals surface area contributed by atoms with Gasteiger partial charge in [0.05, 0.1) is 0 Å². The Bertz CT molecular complexity index is 928. The van der Waals surface area contributed by atoms with E-state index in [2.05, 4.69) is 36.4 Å². The highest BCUT2D eigenvalue weighted by atomic mass is 16.2. The topological polar surface area (TPSA) is 75.5 Å². The summed E-state index contributed by atoms with van der Waals surface area (Å²) in [4.78, 5) is 29.8. The van der Waals surface area contributed by atoms with Crippen LogP contribution in [0.15, 0.2) is 24.4 Å². The molecule has 2 N–H and O–H groups in total. The van der Waals surface area contributed by atoms with E-state index in [-0.39, 0.29) is 11.8 Å². The fourth-order valence-electron chi connectivity index (χ4n) is 5.24. The molecule has 2 aliphatic rings. The highest BCUT2D eigenvalue weighted by Crippen LogP contribution is 2.45. The van der Waals surface area contributed by atoms with Crippen LogP contribution in [-0.4, -0.2) is 34.3 Å². The van der Waals surface area contributed by atoms with Crippen molar-refractivity contribution in [3.05, 3.63) is 35.8 Å². The van der Waals surface area contributed by atoms with E-state index in [9.17, 15) is 9.59 Å². The van der Waals surface area contributed by atoms with Gasteiger partial charge in [0.1, 0.15) is 17.0 Å². The molecule has 0 saturated heterocycles. The number of carbonyl (C=O) groups excluding carboxylic acids is 2. The Labute approximate surface area is 178 Å². The molecular formula is C24H34N4O2. The van der Waals surface area contributed by atoms with Gasteiger partial charge in [0, 0.05) is 19.3 Å². The van der Waals surface area contributed by atoms with Gasteiger partial charge in [-0.05, 0) is 61.0 Å². The summed E-state index contributed by atoms with van der Waals surface area (Å²) in [7, 11) is 0. The van der Waals surface area contributed by atoms with Crippen LogP contribution in [0.2, 0.25) is 0 Å². The molecule has 2 fully saturated rings. The number of hydrogen-bond donors (Lipinski definition) is 2. The van der Waals surface area contributed by atoms with E-state index >= 15 is 0 Å². The second-order valence-electron chi connectivity index (χ2n) is 9.78. The van der Waals surface area contributed by atoms with Crippen LogP contribution in [-0.2, 0) is 0 Å². The van der Waals surface area contributed by atoms with E-state index < -0.39 is 0 Å². The summed E-state index contributed by atoms with van der Waals surface area (Å²) in [5, 5.41) is 6.10. The lowest BCUT2D eigenvalue weighted by Gasteiger charge is -2.44. The van der Waals surface area contributed by atoms with E-state index in [4.69, 9.17) is 0 Å².